The molecule has 0 radical (unpaired) electrons. The summed E-state index contributed by atoms with van der Waals surface area (Å²) >= 11 is 1.38. The van der Waals surface area contributed by atoms with Crippen LogP contribution in [0.25, 0.3) is 0 Å². The van der Waals surface area contributed by atoms with Crippen LogP contribution in [0.15, 0.2) is 24.3 Å². The molecule has 0 saturated heterocycles. The Bertz CT molecular complexity index is 536. The molecular weight excluding hydrogens is 256 g/mol. The van der Waals surface area contributed by atoms with E-state index in [1.165, 1.54) is 22.7 Å². The molecule has 0 saturated carbocycles. The number of hydrogen-bond donors (Lipinski definition) is 2. The van der Waals surface area contributed by atoms with Gasteiger partial charge in [-0.05, 0) is 42.9 Å². The van der Waals surface area contributed by atoms with E-state index in [0.717, 1.165) is 23.7 Å². The van der Waals surface area contributed by atoms with Gasteiger partial charge in [-0.15, -0.1) is 0 Å². The first kappa shape index (κ1) is 14.1. The Balaban J connectivity index is 2.07. The van der Waals surface area contributed by atoms with Crippen LogP contribution in [-0.2, 0) is 6.42 Å². The van der Waals surface area contributed by atoms with Crippen molar-refractivity contribution in [1.82, 2.24) is 9.36 Å². The smallest absolute Gasteiger partial charge is 0.147 e. The minimum Gasteiger partial charge on any atom is -0.328 e. The molecule has 102 valence electrons. The fourth-order valence-electron chi connectivity index (χ4n) is 1.97. The maximum absolute atomic E-state index is 6.06. The van der Waals surface area contributed by atoms with Crippen LogP contribution in [0.3, 0.4) is 0 Å². The summed E-state index contributed by atoms with van der Waals surface area (Å²) in [6.07, 6.45) is 1.49. The Morgan fingerprint density at radius 2 is 2.00 bits per heavy atom. The molecule has 0 amide bonds. The van der Waals surface area contributed by atoms with E-state index < -0.39 is 0 Å². The van der Waals surface area contributed by atoms with Gasteiger partial charge in [0.25, 0.3) is 0 Å². The summed E-state index contributed by atoms with van der Waals surface area (Å²) < 4.78 is 4.39. The van der Waals surface area contributed by atoms with Gasteiger partial charge in [0.05, 0.1) is 6.04 Å². The quantitative estimate of drug-likeness (QED) is 0.877. The Morgan fingerprint density at radius 3 is 2.68 bits per heavy atom. The first-order chi connectivity index (χ1) is 9.06. The van der Waals surface area contributed by atoms with E-state index in [-0.39, 0.29) is 12.1 Å². The van der Waals surface area contributed by atoms with E-state index in [1.807, 2.05) is 19.1 Å². The van der Waals surface area contributed by atoms with Crippen LogP contribution >= 0.6 is 11.5 Å². The lowest BCUT2D eigenvalue weighted by Gasteiger charge is -2.10. The fourth-order valence-corrected chi connectivity index (χ4v) is 2.65. The third-order valence-corrected chi connectivity index (χ3v) is 3.92. The maximum atomic E-state index is 6.06. The summed E-state index contributed by atoms with van der Waals surface area (Å²) in [4.78, 5) is 4.53. The molecule has 5 heteroatoms. The number of rotatable bonds is 5. The number of aryl methyl sites for hydroxylation is 1. The van der Waals surface area contributed by atoms with E-state index in [1.54, 1.807) is 0 Å². The maximum Gasteiger partial charge on any atom is 0.147 e. The zero-order valence-corrected chi connectivity index (χ0v) is 12.2. The summed E-state index contributed by atoms with van der Waals surface area (Å²) in [6, 6.07) is 8.26. The molecule has 0 fully saturated rings. The number of benzene rings is 1. The van der Waals surface area contributed by atoms with Crippen molar-refractivity contribution < 1.29 is 0 Å². The van der Waals surface area contributed by atoms with Gasteiger partial charge in [0.2, 0.25) is 0 Å². The molecule has 0 spiro atoms. The first-order valence-corrected chi connectivity index (χ1v) is 7.21. The molecule has 0 aliphatic heterocycles. The van der Waals surface area contributed by atoms with E-state index in [2.05, 4.69) is 28.4 Å². The molecule has 2 aromatic rings. The predicted octanol–water partition coefficient (Wildman–Crippen LogP) is 2.17. The molecule has 2 atom stereocenters. The molecule has 1 aromatic heterocycles. The van der Waals surface area contributed by atoms with Crippen LogP contribution in [0.2, 0.25) is 0 Å². The normalized spacial score (nSPS) is 14.3. The lowest BCUT2D eigenvalue weighted by molar-refractivity contribution is 0.565. The second-order valence-corrected chi connectivity index (χ2v) is 5.76. The molecule has 1 aromatic carbocycles. The van der Waals surface area contributed by atoms with Gasteiger partial charge in [-0.1, -0.05) is 24.3 Å². The van der Waals surface area contributed by atoms with Gasteiger partial charge in [0.1, 0.15) is 10.8 Å². The zero-order valence-electron chi connectivity index (χ0n) is 11.3. The van der Waals surface area contributed by atoms with Crippen LogP contribution < -0.4 is 11.5 Å². The first-order valence-electron chi connectivity index (χ1n) is 6.44. The van der Waals surface area contributed by atoms with Crippen molar-refractivity contribution in [3.8, 4) is 0 Å². The lowest BCUT2D eigenvalue weighted by atomic mass is 10.1. The van der Waals surface area contributed by atoms with Crippen molar-refractivity contribution in [2.24, 2.45) is 11.5 Å². The van der Waals surface area contributed by atoms with Gasteiger partial charge in [-0.2, -0.15) is 4.37 Å². The van der Waals surface area contributed by atoms with Crippen molar-refractivity contribution >= 4 is 11.5 Å². The number of hydrogen-bond acceptors (Lipinski definition) is 5. The second kappa shape index (κ2) is 6.23. The van der Waals surface area contributed by atoms with E-state index in [4.69, 9.17) is 11.5 Å². The van der Waals surface area contributed by atoms with Crippen LogP contribution in [0.5, 0.6) is 0 Å². The lowest BCUT2D eigenvalue weighted by Crippen LogP contribution is -2.23. The molecule has 0 bridgehead atoms. The summed E-state index contributed by atoms with van der Waals surface area (Å²) in [6.45, 7) is 4.06. The van der Waals surface area contributed by atoms with Crippen molar-refractivity contribution in [3.63, 3.8) is 0 Å². The highest BCUT2D eigenvalue weighted by Crippen LogP contribution is 2.19. The average molecular weight is 276 g/mol. The standard InChI is InChI=1S/C14H20N4S/c1-9-5-3-4-6-11(9)8-13-17-14(19-18-13)12(16)7-10(2)15/h3-6,10,12H,7-8,15-16H2,1-2H3. The van der Waals surface area contributed by atoms with Gasteiger partial charge in [0, 0.05) is 12.5 Å². The third kappa shape index (κ3) is 3.83. The summed E-state index contributed by atoms with van der Waals surface area (Å²) in [5.41, 5.74) is 14.3. The van der Waals surface area contributed by atoms with Gasteiger partial charge in [-0.25, -0.2) is 4.98 Å². The predicted molar refractivity (Wildman–Crippen MR) is 79.1 cm³/mol. The zero-order chi connectivity index (χ0) is 13.8. The molecule has 2 unspecified atom stereocenters. The Labute approximate surface area is 118 Å². The van der Waals surface area contributed by atoms with Gasteiger partial charge in [-0.3, -0.25) is 0 Å². The average Bonchev–Trinajstić information content (AvgIpc) is 2.80. The van der Waals surface area contributed by atoms with Crippen molar-refractivity contribution in [3.05, 3.63) is 46.2 Å². The summed E-state index contributed by atoms with van der Waals surface area (Å²) in [5.74, 6) is 0.842. The Hall–Kier alpha value is -1.30. The van der Waals surface area contributed by atoms with Crippen LogP contribution in [0.4, 0.5) is 0 Å². The van der Waals surface area contributed by atoms with Gasteiger partial charge >= 0.3 is 0 Å². The third-order valence-electron chi connectivity index (χ3n) is 3.04. The summed E-state index contributed by atoms with van der Waals surface area (Å²) in [5, 5.41) is 0.876. The van der Waals surface area contributed by atoms with Crippen LogP contribution in [0, 0.1) is 6.92 Å². The van der Waals surface area contributed by atoms with Crippen molar-refractivity contribution in [2.75, 3.05) is 0 Å². The minimum absolute atomic E-state index is 0.0821. The molecular formula is C14H20N4S. The van der Waals surface area contributed by atoms with Crippen LogP contribution in [0.1, 0.15) is 41.3 Å². The molecule has 0 aliphatic rings. The Kier molecular flexibility index (Phi) is 4.63. The van der Waals surface area contributed by atoms with Crippen LogP contribution in [-0.4, -0.2) is 15.4 Å². The van der Waals surface area contributed by atoms with E-state index >= 15 is 0 Å². The largest absolute Gasteiger partial charge is 0.328 e. The highest BCUT2D eigenvalue weighted by atomic mass is 32.1. The summed E-state index contributed by atoms with van der Waals surface area (Å²) in [7, 11) is 0. The number of nitrogens with zero attached hydrogens (tertiary/aromatic N) is 2. The topological polar surface area (TPSA) is 77.8 Å². The van der Waals surface area contributed by atoms with Crippen molar-refractivity contribution in [1.29, 1.82) is 0 Å². The molecule has 2 rings (SSSR count). The van der Waals surface area contributed by atoms with Gasteiger partial charge < -0.3 is 11.5 Å². The number of aromatic nitrogens is 2. The monoisotopic (exact) mass is 276 g/mol. The SMILES string of the molecule is Cc1ccccc1Cc1nsc(C(N)CC(C)N)n1. The van der Waals surface area contributed by atoms with E-state index in [9.17, 15) is 0 Å². The molecule has 0 aliphatic carbocycles. The highest BCUT2D eigenvalue weighted by Gasteiger charge is 2.14. The van der Waals surface area contributed by atoms with E-state index in [0.29, 0.717) is 0 Å². The molecule has 4 nitrogen and oxygen atoms in total. The highest BCUT2D eigenvalue weighted by molar-refractivity contribution is 7.05. The number of nitrogens with two attached hydrogens (primary N) is 2. The molecule has 1 heterocycles. The molecule has 19 heavy (non-hydrogen) atoms. The second-order valence-electron chi connectivity index (χ2n) is 4.97. The fraction of sp³-hybridized carbons (Fsp3) is 0.429. The Morgan fingerprint density at radius 1 is 1.26 bits per heavy atom. The minimum atomic E-state index is -0.108. The van der Waals surface area contributed by atoms with Crippen molar-refractivity contribution in [2.45, 2.75) is 38.8 Å². The molecule has 4 N–H and O–H groups in total. The van der Waals surface area contributed by atoms with Gasteiger partial charge in [0.15, 0.2) is 0 Å².